The van der Waals surface area contributed by atoms with E-state index in [2.05, 4.69) is 59.5 Å². The van der Waals surface area contributed by atoms with Crippen LogP contribution >= 0.6 is 0 Å². The number of nitrogens with zero attached hydrogens (tertiary/aromatic N) is 2. The molecule has 0 N–H and O–H groups in total. The summed E-state index contributed by atoms with van der Waals surface area (Å²) in [6, 6.07) is 32.7. The monoisotopic (exact) mass is 433 g/mol. The first-order valence-electron chi connectivity index (χ1n) is 11.0. The highest BCUT2D eigenvalue weighted by atomic mass is 16.4. The van der Waals surface area contributed by atoms with Crippen molar-refractivity contribution in [3.05, 3.63) is 131 Å². The fourth-order valence-electron chi connectivity index (χ4n) is 4.02. The number of pyridine rings is 1. The van der Waals surface area contributed by atoms with Gasteiger partial charge in [-0.05, 0) is 29.3 Å². The number of benzene rings is 3. The van der Waals surface area contributed by atoms with Gasteiger partial charge in [0.1, 0.15) is 12.6 Å². The molecule has 0 saturated heterocycles. The molecule has 0 radical (unpaired) electrons. The van der Waals surface area contributed by atoms with Crippen LogP contribution in [0.5, 0.6) is 0 Å². The van der Waals surface area contributed by atoms with Crippen LogP contribution in [0.15, 0.2) is 119 Å². The number of rotatable bonds is 6. The van der Waals surface area contributed by atoms with Crippen LogP contribution < -0.4 is 15.1 Å². The van der Waals surface area contributed by atoms with Crippen molar-refractivity contribution in [1.29, 1.82) is 0 Å². The molecule has 0 spiro atoms. The number of aryl methyl sites for hydroxylation is 1. The molecule has 0 aliphatic rings. The van der Waals surface area contributed by atoms with Crippen molar-refractivity contribution in [1.82, 2.24) is 0 Å². The molecule has 0 fully saturated rings. The number of hydrogen-bond donors (Lipinski definition) is 0. The van der Waals surface area contributed by atoms with Crippen LogP contribution in [-0.4, -0.2) is 0 Å². The van der Waals surface area contributed by atoms with Gasteiger partial charge in [0.15, 0.2) is 12.4 Å². The van der Waals surface area contributed by atoms with E-state index in [1.54, 1.807) is 0 Å². The van der Waals surface area contributed by atoms with E-state index in [9.17, 15) is 4.79 Å². The molecule has 5 aromatic rings. The fourth-order valence-corrected chi connectivity index (χ4v) is 4.02. The second-order valence-electron chi connectivity index (χ2n) is 8.25. The maximum Gasteiger partial charge on any atom is 0.344 e. The fraction of sp³-hybridized carbons (Fsp3) is 0.103. The van der Waals surface area contributed by atoms with Gasteiger partial charge in [-0.3, -0.25) is 0 Å². The molecule has 0 bridgehead atoms. The number of aromatic nitrogens is 1. The Balaban J connectivity index is 1.53. The molecule has 4 nitrogen and oxygen atoms in total. The van der Waals surface area contributed by atoms with Gasteiger partial charge in [0.25, 0.3) is 0 Å². The largest absolute Gasteiger partial charge is 0.422 e. The van der Waals surface area contributed by atoms with Gasteiger partial charge in [-0.25, -0.2) is 9.36 Å². The zero-order valence-corrected chi connectivity index (χ0v) is 18.5. The Labute approximate surface area is 193 Å². The van der Waals surface area contributed by atoms with Crippen molar-refractivity contribution in [2.24, 2.45) is 7.05 Å². The van der Waals surface area contributed by atoms with Crippen LogP contribution in [0, 0.1) is 0 Å². The summed E-state index contributed by atoms with van der Waals surface area (Å²) in [7, 11) is 1.95. The van der Waals surface area contributed by atoms with Gasteiger partial charge in [0, 0.05) is 47.9 Å². The van der Waals surface area contributed by atoms with Gasteiger partial charge >= 0.3 is 5.63 Å². The lowest BCUT2D eigenvalue weighted by Gasteiger charge is -2.25. The van der Waals surface area contributed by atoms with Gasteiger partial charge in [-0.1, -0.05) is 60.7 Å². The maximum absolute atomic E-state index is 12.8. The summed E-state index contributed by atoms with van der Waals surface area (Å²) in [5.41, 5.74) is 5.15. The minimum absolute atomic E-state index is 0.328. The predicted octanol–water partition coefficient (Wildman–Crippen LogP) is 5.49. The summed E-state index contributed by atoms with van der Waals surface area (Å²) in [4.78, 5) is 15.1. The lowest BCUT2D eigenvalue weighted by Crippen LogP contribution is -2.25. The molecular formula is C29H25N2O2+. The molecule has 33 heavy (non-hydrogen) atoms. The Morgan fingerprint density at radius 2 is 1.36 bits per heavy atom. The van der Waals surface area contributed by atoms with Crippen LogP contribution in [0.25, 0.3) is 22.1 Å². The zero-order chi connectivity index (χ0) is 22.6. The molecule has 4 heteroatoms. The Bertz CT molecular complexity index is 1380. The third-order valence-corrected chi connectivity index (χ3v) is 5.81. The van der Waals surface area contributed by atoms with Gasteiger partial charge in [0.2, 0.25) is 0 Å². The van der Waals surface area contributed by atoms with Crippen molar-refractivity contribution in [2.75, 3.05) is 4.90 Å². The SMILES string of the molecule is C[n+]1ccc(-c2cc3ccc(N(Cc4ccccc4)Cc4ccccc4)cc3oc2=O)cc1. The predicted molar refractivity (Wildman–Crippen MR) is 132 cm³/mol. The molecule has 0 saturated carbocycles. The van der Waals surface area contributed by atoms with E-state index >= 15 is 0 Å². The molecule has 162 valence electrons. The second kappa shape index (κ2) is 9.13. The average molecular weight is 434 g/mol. The standard InChI is InChI=1S/C29H25N2O2/c1-30-16-14-24(15-17-30)27-18-25-12-13-26(19-28(25)33-29(27)32)31(20-22-8-4-2-5-9-22)21-23-10-6-3-7-11-23/h2-19H,20-21H2,1H3/q+1. The van der Waals surface area contributed by atoms with Crippen molar-refractivity contribution < 1.29 is 8.98 Å². The van der Waals surface area contributed by atoms with Crippen molar-refractivity contribution in [3.8, 4) is 11.1 Å². The first-order chi connectivity index (χ1) is 16.2. The quantitative estimate of drug-likeness (QED) is 0.262. The summed E-state index contributed by atoms with van der Waals surface area (Å²) >= 11 is 0. The van der Waals surface area contributed by atoms with Gasteiger partial charge < -0.3 is 9.32 Å². The minimum atomic E-state index is -0.328. The lowest BCUT2D eigenvalue weighted by molar-refractivity contribution is -0.671. The molecule has 0 unspecified atom stereocenters. The van der Waals surface area contributed by atoms with Crippen LogP contribution in [0.2, 0.25) is 0 Å². The Morgan fingerprint density at radius 3 is 1.97 bits per heavy atom. The Hall–Kier alpha value is -4.18. The van der Waals surface area contributed by atoms with E-state index in [4.69, 9.17) is 4.42 Å². The van der Waals surface area contributed by atoms with Crippen LogP contribution in [0.3, 0.4) is 0 Å². The molecule has 0 amide bonds. The summed E-state index contributed by atoms with van der Waals surface area (Å²) in [5.74, 6) is 0. The first kappa shape index (κ1) is 20.7. The number of fused-ring (bicyclic) bond motifs is 1. The molecule has 0 aliphatic heterocycles. The van der Waals surface area contributed by atoms with E-state index < -0.39 is 0 Å². The first-order valence-corrected chi connectivity index (χ1v) is 11.0. The van der Waals surface area contributed by atoms with Crippen molar-refractivity contribution in [3.63, 3.8) is 0 Å². The normalized spacial score (nSPS) is 10.9. The highest BCUT2D eigenvalue weighted by Gasteiger charge is 2.13. The third kappa shape index (κ3) is 4.70. The maximum atomic E-state index is 12.8. The molecule has 0 aliphatic carbocycles. The van der Waals surface area contributed by atoms with Crippen LogP contribution in [0.4, 0.5) is 5.69 Å². The smallest absolute Gasteiger partial charge is 0.344 e. The summed E-state index contributed by atoms with van der Waals surface area (Å²) in [6.07, 6.45) is 3.85. The zero-order valence-electron chi connectivity index (χ0n) is 18.5. The van der Waals surface area contributed by atoms with E-state index in [-0.39, 0.29) is 5.63 Å². The molecule has 2 aromatic heterocycles. The molecular weight excluding hydrogens is 408 g/mol. The Morgan fingerprint density at radius 1 is 0.758 bits per heavy atom. The van der Waals surface area contributed by atoms with Crippen molar-refractivity contribution >= 4 is 16.7 Å². The van der Waals surface area contributed by atoms with E-state index in [0.717, 1.165) is 29.7 Å². The van der Waals surface area contributed by atoms with Crippen LogP contribution in [0.1, 0.15) is 11.1 Å². The van der Waals surface area contributed by atoms with E-state index in [1.165, 1.54) is 11.1 Å². The van der Waals surface area contributed by atoms with Crippen LogP contribution in [-0.2, 0) is 20.1 Å². The molecule has 5 rings (SSSR count). The third-order valence-electron chi connectivity index (χ3n) is 5.81. The number of hydrogen-bond acceptors (Lipinski definition) is 3. The van der Waals surface area contributed by atoms with Crippen molar-refractivity contribution in [2.45, 2.75) is 13.1 Å². The summed E-state index contributed by atoms with van der Waals surface area (Å²) in [5, 5.41) is 0.904. The molecule has 3 aromatic carbocycles. The van der Waals surface area contributed by atoms with Gasteiger partial charge in [-0.15, -0.1) is 0 Å². The average Bonchev–Trinajstić information content (AvgIpc) is 2.85. The Kier molecular flexibility index (Phi) is 5.73. The van der Waals surface area contributed by atoms with E-state index in [1.807, 2.05) is 66.5 Å². The van der Waals surface area contributed by atoms with E-state index in [0.29, 0.717) is 11.1 Å². The minimum Gasteiger partial charge on any atom is -0.422 e. The number of anilines is 1. The highest BCUT2D eigenvalue weighted by Crippen LogP contribution is 2.27. The molecule has 0 atom stereocenters. The lowest BCUT2D eigenvalue weighted by atomic mass is 10.1. The summed E-state index contributed by atoms with van der Waals surface area (Å²) < 4.78 is 7.72. The second-order valence-corrected chi connectivity index (χ2v) is 8.25. The molecule has 2 heterocycles. The van der Waals surface area contributed by atoms with Gasteiger partial charge in [-0.2, -0.15) is 0 Å². The topological polar surface area (TPSA) is 37.3 Å². The van der Waals surface area contributed by atoms with Gasteiger partial charge in [0.05, 0.1) is 5.56 Å². The summed E-state index contributed by atoms with van der Waals surface area (Å²) in [6.45, 7) is 1.51. The highest BCUT2D eigenvalue weighted by molar-refractivity contribution is 5.84.